The standard InChI is InChI=1S/C16H21FO2S/c1-19-15-6-5-11(7-14(15)17)8-16(18)9-12-3-2-4-13(10-16)20-12/h5-7,12-13,18H,2-4,8-10H2,1H3. The van der Waals surface area contributed by atoms with Crippen LogP contribution in [0.25, 0.3) is 0 Å². The van der Waals surface area contributed by atoms with E-state index in [-0.39, 0.29) is 11.6 Å². The first-order valence-corrected chi connectivity index (χ1v) is 8.22. The lowest BCUT2D eigenvalue weighted by Gasteiger charge is -2.44. The normalized spacial score (nSPS) is 33.0. The van der Waals surface area contributed by atoms with Crippen molar-refractivity contribution < 1.29 is 14.2 Å². The minimum absolute atomic E-state index is 0.261. The Balaban J connectivity index is 1.74. The molecule has 0 aromatic heterocycles. The maximum absolute atomic E-state index is 13.7. The largest absolute Gasteiger partial charge is 0.494 e. The number of halogens is 1. The van der Waals surface area contributed by atoms with Gasteiger partial charge in [0.15, 0.2) is 11.6 Å². The fraction of sp³-hybridized carbons (Fsp3) is 0.625. The number of rotatable bonds is 3. The van der Waals surface area contributed by atoms with Gasteiger partial charge in [0.1, 0.15) is 0 Å². The Labute approximate surface area is 123 Å². The van der Waals surface area contributed by atoms with E-state index < -0.39 is 5.60 Å². The monoisotopic (exact) mass is 296 g/mol. The zero-order valence-corrected chi connectivity index (χ0v) is 12.6. The van der Waals surface area contributed by atoms with Crippen LogP contribution in [0.5, 0.6) is 5.75 Å². The second-order valence-corrected chi connectivity index (χ2v) is 7.69. The smallest absolute Gasteiger partial charge is 0.165 e. The first-order chi connectivity index (χ1) is 9.58. The highest BCUT2D eigenvalue weighted by Crippen LogP contribution is 2.46. The summed E-state index contributed by atoms with van der Waals surface area (Å²) >= 11 is 2.04. The highest BCUT2D eigenvalue weighted by atomic mass is 32.2. The fourth-order valence-electron chi connectivity index (χ4n) is 3.56. The maximum Gasteiger partial charge on any atom is 0.165 e. The second kappa shape index (κ2) is 5.57. The van der Waals surface area contributed by atoms with Crippen LogP contribution in [0.2, 0.25) is 0 Å². The summed E-state index contributed by atoms with van der Waals surface area (Å²) < 4.78 is 18.7. The van der Waals surface area contributed by atoms with Gasteiger partial charge in [-0.1, -0.05) is 12.5 Å². The van der Waals surface area contributed by atoms with Crippen LogP contribution in [0.3, 0.4) is 0 Å². The Bertz CT molecular complexity index is 479. The lowest BCUT2D eigenvalue weighted by Crippen LogP contribution is -2.44. The third-order valence-corrected chi connectivity index (χ3v) is 5.98. The third-order valence-electron chi connectivity index (χ3n) is 4.40. The molecular formula is C16H21FO2S. The summed E-state index contributed by atoms with van der Waals surface area (Å²) in [5, 5.41) is 12.0. The zero-order chi connectivity index (χ0) is 14.2. The molecule has 2 nitrogen and oxygen atoms in total. The molecule has 0 saturated carbocycles. The summed E-state index contributed by atoms with van der Waals surface area (Å²) in [6.45, 7) is 0. The topological polar surface area (TPSA) is 29.5 Å². The number of hydrogen-bond acceptors (Lipinski definition) is 3. The molecule has 2 aliphatic heterocycles. The van der Waals surface area contributed by atoms with E-state index in [4.69, 9.17) is 4.74 Å². The number of ether oxygens (including phenoxy) is 1. The first-order valence-electron chi connectivity index (χ1n) is 7.28. The van der Waals surface area contributed by atoms with Crippen molar-refractivity contribution in [1.82, 2.24) is 0 Å². The summed E-state index contributed by atoms with van der Waals surface area (Å²) in [6.07, 6.45) is 5.92. The molecule has 0 amide bonds. The van der Waals surface area contributed by atoms with E-state index in [2.05, 4.69) is 0 Å². The molecule has 2 atom stereocenters. The average molecular weight is 296 g/mol. The fourth-order valence-corrected chi connectivity index (χ4v) is 5.52. The Morgan fingerprint density at radius 1 is 1.35 bits per heavy atom. The van der Waals surface area contributed by atoms with Crippen LogP contribution in [0, 0.1) is 5.82 Å². The van der Waals surface area contributed by atoms with Crippen LogP contribution in [-0.4, -0.2) is 28.3 Å². The highest BCUT2D eigenvalue weighted by Gasteiger charge is 2.41. The lowest BCUT2D eigenvalue weighted by atomic mass is 9.81. The van der Waals surface area contributed by atoms with E-state index >= 15 is 0 Å². The summed E-state index contributed by atoms with van der Waals surface area (Å²) in [7, 11) is 1.46. The van der Waals surface area contributed by atoms with E-state index in [0.717, 1.165) is 18.4 Å². The number of aliphatic hydroxyl groups is 1. The summed E-state index contributed by atoms with van der Waals surface area (Å²) in [5.74, 6) is -0.0872. The van der Waals surface area contributed by atoms with Gasteiger partial charge in [0, 0.05) is 16.9 Å². The second-order valence-electron chi connectivity index (χ2n) is 6.09. The molecule has 20 heavy (non-hydrogen) atoms. The summed E-state index contributed by atoms with van der Waals surface area (Å²) in [5.41, 5.74) is 0.193. The molecule has 0 radical (unpaired) electrons. The van der Waals surface area contributed by atoms with Crippen molar-refractivity contribution in [3.63, 3.8) is 0 Å². The molecule has 1 aromatic carbocycles. The lowest BCUT2D eigenvalue weighted by molar-refractivity contribution is 0.0129. The van der Waals surface area contributed by atoms with Gasteiger partial charge in [0.05, 0.1) is 12.7 Å². The van der Waals surface area contributed by atoms with Crippen LogP contribution >= 0.6 is 11.8 Å². The van der Waals surface area contributed by atoms with E-state index in [9.17, 15) is 9.50 Å². The van der Waals surface area contributed by atoms with E-state index in [1.807, 2.05) is 17.8 Å². The number of benzene rings is 1. The van der Waals surface area contributed by atoms with Gasteiger partial charge in [-0.2, -0.15) is 11.8 Å². The predicted molar refractivity (Wildman–Crippen MR) is 79.9 cm³/mol. The minimum Gasteiger partial charge on any atom is -0.494 e. The van der Waals surface area contributed by atoms with Crippen molar-refractivity contribution in [3.05, 3.63) is 29.6 Å². The molecule has 1 aromatic rings. The predicted octanol–water partition coefficient (Wildman–Crippen LogP) is 3.56. The SMILES string of the molecule is COc1ccc(CC2(O)CC3CCCC(C2)S3)cc1F. The van der Waals surface area contributed by atoms with Gasteiger partial charge < -0.3 is 9.84 Å². The van der Waals surface area contributed by atoms with Gasteiger partial charge in [0.2, 0.25) is 0 Å². The molecule has 0 aliphatic carbocycles. The van der Waals surface area contributed by atoms with Crippen LogP contribution < -0.4 is 4.74 Å². The van der Waals surface area contributed by atoms with Crippen molar-refractivity contribution in [1.29, 1.82) is 0 Å². The van der Waals surface area contributed by atoms with Gasteiger partial charge in [-0.15, -0.1) is 0 Å². The van der Waals surface area contributed by atoms with Crippen LogP contribution in [-0.2, 0) is 6.42 Å². The van der Waals surface area contributed by atoms with Gasteiger partial charge in [-0.3, -0.25) is 0 Å². The van der Waals surface area contributed by atoms with Gasteiger partial charge >= 0.3 is 0 Å². The molecule has 4 heteroatoms. The Morgan fingerprint density at radius 2 is 2.05 bits per heavy atom. The quantitative estimate of drug-likeness (QED) is 0.925. The molecule has 2 unspecified atom stereocenters. The summed E-state index contributed by atoms with van der Waals surface area (Å²) in [4.78, 5) is 0. The van der Waals surface area contributed by atoms with E-state index in [1.54, 1.807) is 6.07 Å². The molecule has 110 valence electrons. The molecule has 2 heterocycles. The van der Waals surface area contributed by atoms with E-state index in [1.165, 1.54) is 32.4 Å². The zero-order valence-electron chi connectivity index (χ0n) is 11.8. The van der Waals surface area contributed by atoms with E-state index in [0.29, 0.717) is 16.9 Å². The number of methoxy groups -OCH3 is 1. The molecule has 2 aliphatic rings. The van der Waals surface area contributed by atoms with Crippen molar-refractivity contribution in [2.45, 2.75) is 54.6 Å². The Morgan fingerprint density at radius 3 is 2.65 bits per heavy atom. The first kappa shape index (κ1) is 14.2. The Hall–Kier alpha value is -0.740. The molecule has 3 rings (SSSR count). The third kappa shape index (κ3) is 2.96. The molecule has 2 fully saturated rings. The average Bonchev–Trinajstić information content (AvgIpc) is 2.37. The van der Waals surface area contributed by atoms with Crippen LogP contribution in [0.15, 0.2) is 18.2 Å². The van der Waals surface area contributed by atoms with Crippen molar-refractivity contribution >= 4 is 11.8 Å². The van der Waals surface area contributed by atoms with Gasteiger partial charge in [-0.05, 0) is 43.4 Å². The number of hydrogen-bond donors (Lipinski definition) is 1. The van der Waals surface area contributed by atoms with Crippen molar-refractivity contribution in [3.8, 4) is 5.75 Å². The van der Waals surface area contributed by atoms with Crippen molar-refractivity contribution in [2.24, 2.45) is 0 Å². The Kier molecular flexibility index (Phi) is 3.95. The van der Waals surface area contributed by atoms with Gasteiger partial charge in [0.25, 0.3) is 0 Å². The molecule has 2 saturated heterocycles. The molecule has 2 bridgehead atoms. The molecular weight excluding hydrogens is 275 g/mol. The maximum atomic E-state index is 13.7. The highest BCUT2D eigenvalue weighted by molar-refractivity contribution is 8.00. The number of fused-ring (bicyclic) bond motifs is 2. The number of thioether (sulfide) groups is 1. The van der Waals surface area contributed by atoms with Gasteiger partial charge in [-0.25, -0.2) is 4.39 Å². The van der Waals surface area contributed by atoms with Crippen molar-refractivity contribution in [2.75, 3.05) is 7.11 Å². The summed E-state index contributed by atoms with van der Waals surface area (Å²) in [6, 6.07) is 5.00. The minimum atomic E-state index is -0.665. The van der Waals surface area contributed by atoms with Crippen LogP contribution in [0.1, 0.15) is 37.7 Å². The molecule has 1 N–H and O–H groups in total. The molecule has 0 spiro atoms. The van der Waals surface area contributed by atoms with Crippen LogP contribution in [0.4, 0.5) is 4.39 Å².